The first-order chi connectivity index (χ1) is 8.45. The van der Waals surface area contributed by atoms with E-state index in [0.29, 0.717) is 11.3 Å². The molecule has 0 aliphatic heterocycles. The van der Waals surface area contributed by atoms with Crippen molar-refractivity contribution in [3.63, 3.8) is 0 Å². The summed E-state index contributed by atoms with van der Waals surface area (Å²) >= 11 is 0. The lowest BCUT2D eigenvalue weighted by molar-refractivity contribution is -0.384. The Kier molecular flexibility index (Phi) is 4.61. The van der Waals surface area contributed by atoms with Crippen LogP contribution in [0.15, 0.2) is 18.2 Å². The number of benzene rings is 1. The number of carbonyl (C=O) groups excluding carboxylic acids is 1. The van der Waals surface area contributed by atoms with Crippen molar-refractivity contribution in [2.45, 2.75) is 19.5 Å². The minimum atomic E-state index is -0.630. The minimum Gasteiger partial charge on any atom is -0.496 e. The van der Waals surface area contributed by atoms with Crippen LogP contribution in [0.25, 0.3) is 0 Å². The maximum absolute atomic E-state index is 11.3. The molecule has 0 aromatic heterocycles. The van der Waals surface area contributed by atoms with E-state index in [1.54, 1.807) is 6.92 Å². The van der Waals surface area contributed by atoms with Gasteiger partial charge in [0.1, 0.15) is 5.75 Å². The van der Waals surface area contributed by atoms with E-state index in [4.69, 9.17) is 10.5 Å². The van der Waals surface area contributed by atoms with Gasteiger partial charge in [-0.3, -0.25) is 14.9 Å². The van der Waals surface area contributed by atoms with Crippen LogP contribution in [0.3, 0.4) is 0 Å². The number of amides is 1. The smallest absolute Gasteiger partial charge is 0.270 e. The summed E-state index contributed by atoms with van der Waals surface area (Å²) in [6.45, 7) is 1.69. The van der Waals surface area contributed by atoms with E-state index in [1.807, 2.05) is 0 Å². The molecule has 1 aromatic carbocycles. The normalized spacial score (nSPS) is 11.7. The Bertz CT molecular complexity index is 460. The van der Waals surface area contributed by atoms with Crippen molar-refractivity contribution in [2.24, 2.45) is 5.73 Å². The molecule has 98 valence electrons. The fraction of sp³-hybridized carbons (Fsp3) is 0.364. The molecule has 0 heterocycles. The van der Waals surface area contributed by atoms with Gasteiger partial charge in [0.25, 0.3) is 5.69 Å². The van der Waals surface area contributed by atoms with E-state index in [0.717, 1.165) is 0 Å². The van der Waals surface area contributed by atoms with Crippen LogP contribution < -0.4 is 15.8 Å². The number of ether oxygens (including phenoxy) is 1. The summed E-state index contributed by atoms with van der Waals surface area (Å²) in [6, 6.07) is 3.57. The maximum Gasteiger partial charge on any atom is 0.270 e. The van der Waals surface area contributed by atoms with Gasteiger partial charge in [0.15, 0.2) is 0 Å². The van der Waals surface area contributed by atoms with Crippen molar-refractivity contribution in [1.29, 1.82) is 0 Å². The second-order valence-corrected chi connectivity index (χ2v) is 3.76. The molecule has 7 heteroatoms. The largest absolute Gasteiger partial charge is 0.496 e. The third kappa shape index (κ3) is 3.42. The highest BCUT2D eigenvalue weighted by Gasteiger charge is 2.13. The van der Waals surface area contributed by atoms with Crippen LogP contribution in [0.1, 0.15) is 12.5 Å². The molecule has 7 nitrogen and oxygen atoms in total. The standard InChI is InChI=1S/C11H15N3O4/c1-7(12)11(15)13-6-8-5-9(14(16)17)3-4-10(8)18-2/h3-5,7H,6,12H2,1-2H3,(H,13,15)/t7-/m1/s1. The van der Waals surface area contributed by atoms with Gasteiger partial charge in [0.05, 0.1) is 18.1 Å². The fourth-order valence-electron chi connectivity index (χ4n) is 1.36. The van der Waals surface area contributed by atoms with Crippen LogP contribution in [-0.4, -0.2) is 24.0 Å². The highest BCUT2D eigenvalue weighted by molar-refractivity contribution is 5.81. The second-order valence-electron chi connectivity index (χ2n) is 3.76. The number of hydrogen-bond donors (Lipinski definition) is 2. The number of methoxy groups -OCH3 is 1. The Morgan fingerprint density at radius 2 is 2.28 bits per heavy atom. The Hall–Kier alpha value is -2.15. The van der Waals surface area contributed by atoms with Crippen LogP contribution in [0.4, 0.5) is 5.69 Å². The summed E-state index contributed by atoms with van der Waals surface area (Å²) in [5, 5.41) is 13.2. The molecule has 1 amide bonds. The predicted octanol–water partition coefficient (Wildman–Crippen LogP) is 0.567. The number of non-ortho nitro benzene ring substituents is 1. The van der Waals surface area contributed by atoms with E-state index >= 15 is 0 Å². The van der Waals surface area contributed by atoms with Gasteiger partial charge in [-0.2, -0.15) is 0 Å². The quantitative estimate of drug-likeness (QED) is 0.589. The van der Waals surface area contributed by atoms with Crippen LogP contribution in [0.5, 0.6) is 5.75 Å². The van der Waals surface area contributed by atoms with Crippen molar-refractivity contribution in [3.05, 3.63) is 33.9 Å². The highest BCUT2D eigenvalue weighted by Crippen LogP contribution is 2.23. The van der Waals surface area contributed by atoms with Crippen molar-refractivity contribution >= 4 is 11.6 Å². The molecule has 0 fully saturated rings. The zero-order chi connectivity index (χ0) is 13.7. The van der Waals surface area contributed by atoms with E-state index in [-0.39, 0.29) is 18.1 Å². The Morgan fingerprint density at radius 1 is 1.61 bits per heavy atom. The summed E-state index contributed by atoms with van der Waals surface area (Å²) in [6.07, 6.45) is 0. The molecular weight excluding hydrogens is 238 g/mol. The van der Waals surface area contributed by atoms with Gasteiger partial charge < -0.3 is 15.8 Å². The first-order valence-electron chi connectivity index (χ1n) is 5.30. The van der Waals surface area contributed by atoms with Gasteiger partial charge in [0, 0.05) is 24.2 Å². The molecular formula is C11H15N3O4. The zero-order valence-electron chi connectivity index (χ0n) is 10.2. The number of nitro groups is 1. The second kappa shape index (κ2) is 5.97. The number of hydrogen-bond acceptors (Lipinski definition) is 5. The molecule has 0 unspecified atom stereocenters. The van der Waals surface area contributed by atoms with E-state index in [1.165, 1.54) is 25.3 Å². The topological polar surface area (TPSA) is 107 Å². The summed E-state index contributed by atoms with van der Waals surface area (Å²) in [5.41, 5.74) is 5.87. The first-order valence-corrected chi connectivity index (χ1v) is 5.30. The maximum atomic E-state index is 11.3. The van der Waals surface area contributed by atoms with Gasteiger partial charge >= 0.3 is 0 Å². The molecule has 0 spiro atoms. The van der Waals surface area contributed by atoms with E-state index in [9.17, 15) is 14.9 Å². The van der Waals surface area contributed by atoms with Gasteiger partial charge in [-0.1, -0.05) is 0 Å². The first kappa shape index (κ1) is 13.9. The summed E-state index contributed by atoms with van der Waals surface area (Å²) in [7, 11) is 1.46. The van der Waals surface area contributed by atoms with Gasteiger partial charge in [0.2, 0.25) is 5.91 Å². The lowest BCUT2D eigenvalue weighted by Gasteiger charge is -2.11. The van der Waals surface area contributed by atoms with Gasteiger partial charge in [-0.15, -0.1) is 0 Å². The lowest BCUT2D eigenvalue weighted by Crippen LogP contribution is -2.37. The van der Waals surface area contributed by atoms with Gasteiger partial charge in [-0.25, -0.2) is 0 Å². The van der Waals surface area contributed by atoms with Crippen LogP contribution in [-0.2, 0) is 11.3 Å². The lowest BCUT2D eigenvalue weighted by atomic mass is 10.1. The summed E-state index contributed by atoms with van der Waals surface area (Å²) in [4.78, 5) is 21.5. The number of nitro benzene ring substituents is 1. The van der Waals surface area contributed by atoms with Crippen molar-refractivity contribution < 1.29 is 14.5 Å². The molecule has 0 radical (unpaired) electrons. The number of rotatable bonds is 5. The van der Waals surface area contributed by atoms with Gasteiger partial charge in [-0.05, 0) is 13.0 Å². The summed E-state index contributed by atoms with van der Waals surface area (Å²) < 4.78 is 5.07. The Labute approximate surface area is 104 Å². The fourth-order valence-corrected chi connectivity index (χ4v) is 1.36. The molecule has 3 N–H and O–H groups in total. The van der Waals surface area contributed by atoms with Crippen molar-refractivity contribution in [3.8, 4) is 5.75 Å². The molecule has 1 atom stereocenters. The third-order valence-corrected chi connectivity index (χ3v) is 2.34. The zero-order valence-corrected chi connectivity index (χ0v) is 10.2. The molecule has 1 rings (SSSR count). The van der Waals surface area contributed by atoms with E-state index in [2.05, 4.69) is 5.32 Å². The van der Waals surface area contributed by atoms with E-state index < -0.39 is 11.0 Å². The van der Waals surface area contributed by atoms with Crippen LogP contribution in [0.2, 0.25) is 0 Å². The summed E-state index contributed by atoms with van der Waals surface area (Å²) in [5.74, 6) is 0.147. The Morgan fingerprint density at radius 3 is 2.78 bits per heavy atom. The minimum absolute atomic E-state index is 0.0548. The van der Waals surface area contributed by atoms with Crippen molar-refractivity contribution in [1.82, 2.24) is 5.32 Å². The van der Waals surface area contributed by atoms with Crippen LogP contribution in [0, 0.1) is 10.1 Å². The number of nitrogens with zero attached hydrogens (tertiary/aromatic N) is 1. The molecule has 0 aliphatic rings. The molecule has 1 aromatic rings. The predicted molar refractivity (Wildman–Crippen MR) is 65.1 cm³/mol. The average molecular weight is 253 g/mol. The molecule has 0 aliphatic carbocycles. The highest BCUT2D eigenvalue weighted by atomic mass is 16.6. The SMILES string of the molecule is COc1ccc([N+](=O)[O-])cc1CNC(=O)[C@@H](C)N. The van der Waals surface area contributed by atoms with Crippen molar-refractivity contribution in [2.75, 3.05) is 7.11 Å². The van der Waals surface area contributed by atoms with Crippen LogP contribution >= 0.6 is 0 Å². The molecule has 0 saturated heterocycles. The monoisotopic (exact) mass is 253 g/mol. The number of nitrogens with one attached hydrogen (secondary N) is 1. The molecule has 18 heavy (non-hydrogen) atoms. The molecule has 0 saturated carbocycles. The number of carbonyl (C=O) groups is 1. The third-order valence-electron chi connectivity index (χ3n) is 2.34. The average Bonchev–Trinajstić information content (AvgIpc) is 2.35. The molecule has 0 bridgehead atoms. The Balaban J connectivity index is 2.88. The number of nitrogens with two attached hydrogens (primary N) is 1.